The maximum Gasteiger partial charge on any atom is 0.363 e. The molecule has 2 aromatic rings. The largest absolute Gasteiger partial charge is 0.493 e. The molecule has 1 fully saturated rings. The van der Waals surface area contributed by atoms with Crippen molar-refractivity contribution in [1.29, 1.82) is 0 Å². The van der Waals surface area contributed by atoms with Gasteiger partial charge < -0.3 is 28.6 Å². The van der Waals surface area contributed by atoms with E-state index in [1.807, 2.05) is 12.1 Å². The number of benzene rings is 1. The standard InChI is InChI=1S/C21H22N2O6S/c1-25-16-10-13(11-17(26-2)19(16)27-3)20-22-15(21(24)29-20)12-14-4-5-18(30-14)23-6-8-28-9-7-23/h4-5,10-12H,6-9H2,1-3H3. The number of anilines is 1. The second-order valence-electron chi connectivity index (χ2n) is 6.53. The Kier molecular flexibility index (Phi) is 5.91. The number of hydrogen-bond donors (Lipinski definition) is 0. The lowest BCUT2D eigenvalue weighted by molar-refractivity contribution is -0.129. The fraction of sp³-hybridized carbons (Fsp3) is 0.333. The Labute approximate surface area is 178 Å². The highest BCUT2D eigenvalue weighted by molar-refractivity contribution is 7.16. The van der Waals surface area contributed by atoms with Gasteiger partial charge in [-0.05, 0) is 30.3 Å². The zero-order valence-electron chi connectivity index (χ0n) is 17.0. The minimum atomic E-state index is -0.500. The SMILES string of the molecule is COc1cc(C2=NC(=Cc3ccc(N4CCOCC4)s3)C(=O)O2)cc(OC)c1OC. The minimum absolute atomic E-state index is 0.190. The molecule has 1 aromatic carbocycles. The van der Waals surface area contributed by atoms with Crippen molar-refractivity contribution in [2.45, 2.75) is 0 Å². The quantitative estimate of drug-likeness (QED) is 0.515. The third-order valence-electron chi connectivity index (χ3n) is 4.75. The van der Waals surface area contributed by atoms with Crippen LogP contribution in [0.2, 0.25) is 0 Å². The van der Waals surface area contributed by atoms with Crippen LogP contribution in [0.4, 0.5) is 5.00 Å². The Bertz CT molecular complexity index is 982. The molecule has 1 saturated heterocycles. The van der Waals surface area contributed by atoms with Gasteiger partial charge in [-0.3, -0.25) is 0 Å². The molecule has 0 aliphatic carbocycles. The zero-order chi connectivity index (χ0) is 21.1. The number of rotatable bonds is 6. The molecule has 0 bridgehead atoms. The Hall–Kier alpha value is -3.04. The summed E-state index contributed by atoms with van der Waals surface area (Å²) >= 11 is 1.60. The smallest absolute Gasteiger partial charge is 0.363 e. The van der Waals surface area contributed by atoms with E-state index < -0.39 is 5.97 Å². The molecule has 1 aromatic heterocycles. The van der Waals surface area contributed by atoms with Gasteiger partial charge in [0.15, 0.2) is 17.2 Å². The molecule has 4 rings (SSSR count). The van der Waals surface area contributed by atoms with E-state index in [1.54, 1.807) is 29.5 Å². The van der Waals surface area contributed by atoms with E-state index in [0.29, 0.717) is 22.8 Å². The summed E-state index contributed by atoms with van der Waals surface area (Å²) in [6, 6.07) is 7.41. The van der Waals surface area contributed by atoms with Crippen molar-refractivity contribution in [3.63, 3.8) is 0 Å². The summed E-state index contributed by atoms with van der Waals surface area (Å²) in [4.78, 5) is 20.0. The predicted octanol–water partition coefficient (Wildman–Crippen LogP) is 2.96. The van der Waals surface area contributed by atoms with Gasteiger partial charge in [0, 0.05) is 23.5 Å². The van der Waals surface area contributed by atoms with Gasteiger partial charge in [-0.25, -0.2) is 9.79 Å². The van der Waals surface area contributed by atoms with Crippen LogP contribution in [-0.2, 0) is 14.3 Å². The van der Waals surface area contributed by atoms with Crippen LogP contribution < -0.4 is 19.1 Å². The van der Waals surface area contributed by atoms with E-state index in [0.717, 1.165) is 36.2 Å². The van der Waals surface area contributed by atoms with Gasteiger partial charge in [-0.15, -0.1) is 11.3 Å². The number of carbonyl (C=O) groups excluding carboxylic acids is 1. The van der Waals surface area contributed by atoms with Crippen LogP contribution in [0.15, 0.2) is 35.0 Å². The number of carbonyl (C=O) groups is 1. The predicted molar refractivity (Wildman–Crippen MR) is 114 cm³/mol. The monoisotopic (exact) mass is 430 g/mol. The van der Waals surface area contributed by atoms with Gasteiger partial charge in [0.2, 0.25) is 11.6 Å². The van der Waals surface area contributed by atoms with Crippen molar-refractivity contribution in [3.8, 4) is 17.2 Å². The highest BCUT2D eigenvalue weighted by Gasteiger charge is 2.27. The number of nitrogens with zero attached hydrogens (tertiary/aromatic N) is 2. The lowest BCUT2D eigenvalue weighted by Crippen LogP contribution is -2.35. The molecule has 0 atom stereocenters. The number of ether oxygens (including phenoxy) is 5. The molecule has 0 unspecified atom stereocenters. The molecule has 8 nitrogen and oxygen atoms in total. The normalized spacial score (nSPS) is 17.7. The third-order valence-corrected chi connectivity index (χ3v) is 5.84. The van der Waals surface area contributed by atoms with Crippen molar-refractivity contribution in [2.75, 3.05) is 52.5 Å². The first-order valence-electron chi connectivity index (χ1n) is 9.38. The number of esters is 1. The molecule has 0 radical (unpaired) electrons. The van der Waals surface area contributed by atoms with Crippen molar-refractivity contribution >= 4 is 34.3 Å². The lowest BCUT2D eigenvalue weighted by Gasteiger charge is -2.27. The zero-order valence-corrected chi connectivity index (χ0v) is 17.8. The summed E-state index contributed by atoms with van der Waals surface area (Å²) in [7, 11) is 4.58. The highest BCUT2D eigenvalue weighted by Crippen LogP contribution is 2.39. The number of aliphatic imine (C=N–C) groups is 1. The van der Waals surface area contributed by atoms with Crippen LogP contribution in [0, 0.1) is 0 Å². The van der Waals surface area contributed by atoms with Crippen LogP contribution in [0.3, 0.4) is 0 Å². The van der Waals surface area contributed by atoms with E-state index >= 15 is 0 Å². The fourth-order valence-corrected chi connectivity index (χ4v) is 4.24. The molecule has 158 valence electrons. The van der Waals surface area contributed by atoms with Crippen LogP contribution in [-0.4, -0.2) is 59.5 Å². The summed E-state index contributed by atoms with van der Waals surface area (Å²) in [5, 5.41) is 1.14. The second-order valence-corrected chi connectivity index (χ2v) is 7.62. The number of thiophene rings is 1. The van der Waals surface area contributed by atoms with Gasteiger partial charge in [0.1, 0.15) is 0 Å². The van der Waals surface area contributed by atoms with Crippen molar-refractivity contribution < 1.29 is 28.5 Å². The summed E-state index contributed by atoms with van der Waals surface area (Å²) in [6.45, 7) is 3.18. The molecular weight excluding hydrogens is 408 g/mol. The topological polar surface area (TPSA) is 78.8 Å². The van der Waals surface area contributed by atoms with Crippen LogP contribution in [0.5, 0.6) is 17.2 Å². The summed E-state index contributed by atoms with van der Waals surface area (Å²) in [5.74, 6) is 1.06. The number of hydrogen-bond acceptors (Lipinski definition) is 9. The fourth-order valence-electron chi connectivity index (χ4n) is 3.25. The molecule has 30 heavy (non-hydrogen) atoms. The van der Waals surface area contributed by atoms with Gasteiger partial charge in [-0.2, -0.15) is 0 Å². The van der Waals surface area contributed by atoms with E-state index in [2.05, 4.69) is 9.89 Å². The first kappa shape index (κ1) is 20.2. The molecule has 3 heterocycles. The molecule has 0 saturated carbocycles. The maximum absolute atomic E-state index is 12.4. The van der Waals surface area contributed by atoms with Gasteiger partial charge >= 0.3 is 5.97 Å². The lowest BCUT2D eigenvalue weighted by atomic mass is 10.2. The molecule has 0 amide bonds. The summed E-state index contributed by atoms with van der Waals surface area (Å²) < 4.78 is 26.8. The van der Waals surface area contributed by atoms with Crippen LogP contribution >= 0.6 is 11.3 Å². The highest BCUT2D eigenvalue weighted by atomic mass is 32.1. The average Bonchev–Trinajstić information content (AvgIpc) is 3.40. The average molecular weight is 430 g/mol. The Morgan fingerprint density at radius 3 is 2.40 bits per heavy atom. The van der Waals surface area contributed by atoms with Crippen LogP contribution in [0.25, 0.3) is 6.08 Å². The molecule has 2 aliphatic rings. The minimum Gasteiger partial charge on any atom is -0.493 e. The van der Waals surface area contributed by atoms with Gasteiger partial charge in [0.25, 0.3) is 0 Å². The molecular formula is C21H22N2O6S. The number of cyclic esters (lactones) is 1. The van der Waals surface area contributed by atoms with Crippen LogP contribution in [0.1, 0.15) is 10.4 Å². The van der Waals surface area contributed by atoms with E-state index in [4.69, 9.17) is 23.7 Å². The van der Waals surface area contributed by atoms with E-state index in [9.17, 15) is 4.79 Å². The first-order chi connectivity index (χ1) is 14.6. The third kappa shape index (κ3) is 3.99. The summed E-state index contributed by atoms with van der Waals surface area (Å²) in [6.07, 6.45) is 1.74. The van der Waals surface area contributed by atoms with Gasteiger partial charge in [0.05, 0.1) is 39.5 Å². The number of morpholine rings is 1. The van der Waals surface area contributed by atoms with Crippen molar-refractivity contribution in [2.24, 2.45) is 4.99 Å². The maximum atomic E-state index is 12.4. The molecule has 9 heteroatoms. The van der Waals surface area contributed by atoms with E-state index in [-0.39, 0.29) is 11.6 Å². The summed E-state index contributed by atoms with van der Waals surface area (Å²) in [5.41, 5.74) is 0.801. The van der Waals surface area contributed by atoms with Gasteiger partial charge in [-0.1, -0.05) is 0 Å². The van der Waals surface area contributed by atoms with E-state index in [1.165, 1.54) is 21.3 Å². The molecule has 0 N–H and O–H groups in total. The first-order valence-corrected chi connectivity index (χ1v) is 10.2. The van der Waals surface area contributed by atoms with Crippen molar-refractivity contribution in [1.82, 2.24) is 0 Å². The Balaban J connectivity index is 1.61. The number of methoxy groups -OCH3 is 3. The molecule has 2 aliphatic heterocycles. The molecule has 0 spiro atoms. The Morgan fingerprint density at radius 2 is 1.77 bits per heavy atom. The van der Waals surface area contributed by atoms with Crippen molar-refractivity contribution in [3.05, 3.63) is 40.4 Å². The second kappa shape index (κ2) is 8.76. The Morgan fingerprint density at radius 1 is 1.07 bits per heavy atom.